The maximum absolute atomic E-state index is 10.6. The SMILES string of the molecule is O=C(CCl)Nn1cnnc1. The zero-order valence-corrected chi connectivity index (χ0v) is 5.75. The van der Waals surface area contributed by atoms with Crippen LogP contribution >= 0.6 is 11.6 Å². The van der Waals surface area contributed by atoms with Gasteiger partial charge in [0.15, 0.2) is 0 Å². The second-order valence-corrected chi connectivity index (χ2v) is 1.81. The topological polar surface area (TPSA) is 59.8 Å². The Kier molecular flexibility index (Phi) is 2.22. The van der Waals surface area contributed by atoms with E-state index in [9.17, 15) is 4.79 Å². The number of carbonyl (C=O) groups is 1. The molecule has 1 N–H and O–H groups in total. The van der Waals surface area contributed by atoms with Crippen molar-refractivity contribution in [2.75, 3.05) is 11.3 Å². The number of halogens is 1. The summed E-state index contributed by atoms with van der Waals surface area (Å²) >= 11 is 5.20. The zero-order chi connectivity index (χ0) is 7.40. The first-order valence-electron chi connectivity index (χ1n) is 2.53. The number of aromatic nitrogens is 3. The van der Waals surface area contributed by atoms with Gasteiger partial charge in [0.1, 0.15) is 18.5 Å². The number of amides is 1. The molecule has 0 aromatic carbocycles. The Balaban J connectivity index is 2.48. The molecule has 0 aliphatic rings. The van der Waals surface area contributed by atoms with Crippen LogP contribution in [0.4, 0.5) is 0 Å². The number of alkyl halides is 1. The first-order valence-corrected chi connectivity index (χ1v) is 3.07. The predicted octanol–water partition coefficient (Wildman–Crippen LogP) is -0.413. The first kappa shape index (κ1) is 7.01. The normalized spacial score (nSPS) is 9.30. The Labute approximate surface area is 62.0 Å². The van der Waals surface area contributed by atoms with Crippen LogP contribution in [0.15, 0.2) is 12.7 Å². The number of nitrogens with zero attached hydrogens (tertiary/aromatic N) is 3. The molecule has 54 valence electrons. The summed E-state index contributed by atoms with van der Waals surface area (Å²) in [5, 5.41) is 6.93. The molecule has 0 saturated carbocycles. The van der Waals surface area contributed by atoms with Crippen LogP contribution in [0.5, 0.6) is 0 Å². The van der Waals surface area contributed by atoms with Crippen molar-refractivity contribution < 1.29 is 4.79 Å². The van der Waals surface area contributed by atoms with Crippen LogP contribution in [0.3, 0.4) is 0 Å². The molecule has 0 aliphatic heterocycles. The molecule has 0 aliphatic carbocycles. The van der Waals surface area contributed by atoms with Gasteiger partial charge in [-0.3, -0.25) is 10.2 Å². The lowest BCUT2D eigenvalue weighted by Crippen LogP contribution is -2.22. The van der Waals surface area contributed by atoms with E-state index in [4.69, 9.17) is 11.6 Å². The second kappa shape index (κ2) is 3.17. The fourth-order valence-electron chi connectivity index (χ4n) is 0.432. The van der Waals surface area contributed by atoms with E-state index in [0.29, 0.717) is 0 Å². The van der Waals surface area contributed by atoms with Gasteiger partial charge in [0.25, 0.3) is 5.91 Å². The van der Waals surface area contributed by atoms with Gasteiger partial charge < -0.3 is 0 Å². The van der Waals surface area contributed by atoms with Crippen LogP contribution < -0.4 is 5.43 Å². The molecule has 0 fully saturated rings. The smallest absolute Gasteiger partial charge is 0.253 e. The van der Waals surface area contributed by atoms with Crippen LogP contribution in [0.25, 0.3) is 0 Å². The highest BCUT2D eigenvalue weighted by molar-refractivity contribution is 6.28. The lowest BCUT2D eigenvalue weighted by Gasteiger charge is -1.98. The zero-order valence-electron chi connectivity index (χ0n) is 4.99. The van der Waals surface area contributed by atoms with E-state index in [1.807, 2.05) is 0 Å². The minimum absolute atomic E-state index is 0.0713. The fourth-order valence-corrected chi connectivity index (χ4v) is 0.492. The number of hydrogen-bond acceptors (Lipinski definition) is 3. The van der Waals surface area contributed by atoms with Crippen molar-refractivity contribution in [2.24, 2.45) is 0 Å². The number of nitrogens with one attached hydrogen (secondary N) is 1. The van der Waals surface area contributed by atoms with Gasteiger partial charge >= 0.3 is 0 Å². The molecule has 5 nitrogen and oxygen atoms in total. The number of rotatable bonds is 2. The van der Waals surface area contributed by atoms with Crippen LogP contribution in [-0.2, 0) is 4.79 Å². The summed E-state index contributed by atoms with van der Waals surface area (Å²) in [7, 11) is 0. The highest BCUT2D eigenvalue weighted by Gasteiger charge is 1.96. The van der Waals surface area contributed by atoms with Gasteiger partial charge in [-0.1, -0.05) is 0 Å². The monoisotopic (exact) mass is 160 g/mol. The van der Waals surface area contributed by atoms with Crippen molar-refractivity contribution in [1.29, 1.82) is 0 Å². The molecule has 0 radical (unpaired) electrons. The summed E-state index contributed by atoms with van der Waals surface area (Å²) < 4.78 is 1.32. The Bertz CT molecular complexity index is 209. The molecule has 0 atom stereocenters. The largest absolute Gasteiger partial charge is 0.272 e. The Morgan fingerprint density at radius 2 is 2.20 bits per heavy atom. The Hall–Kier alpha value is -1.10. The Morgan fingerprint density at radius 1 is 1.60 bits per heavy atom. The first-order chi connectivity index (χ1) is 4.83. The standard InChI is InChI=1S/C4H5ClN4O/c5-1-4(10)8-9-2-6-7-3-9/h2-3H,1H2,(H,8,10). The van der Waals surface area contributed by atoms with E-state index in [0.717, 1.165) is 0 Å². The minimum atomic E-state index is -0.290. The van der Waals surface area contributed by atoms with Crippen molar-refractivity contribution in [1.82, 2.24) is 14.9 Å². The molecule has 0 saturated heterocycles. The van der Waals surface area contributed by atoms with Gasteiger partial charge in [-0.15, -0.1) is 21.8 Å². The van der Waals surface area contributed by atoms with Gasteiger partial charge in [0, 0.05) is 0 Å². The number of carbonyl (C=O) groups excluding carboxylic acids is 1. The van der Waals surface area contributed by atoms with Gasteiger partial charge in [-0.05, 0) is 0 Å². The molecular formula is C4H5ClN4O. The molecule has 1 rings (SSSR count). The summed E-state index contributed by atoms with van der Waals surface area (Å²) in [6, 6.07) is 0. The van der Waals surface area contributed by atoms with E-state index >= 15 is 0 Å². The summed E-state index contributed by atoms with van der Waals surface area (Å²) in [6.45, 7) is 0. The van der Waals surface area contributed by atoms with Crippen molar-refractivity contribution in [3.63, 3.8) is 0 Å². The van der Waals surface area contributed by atoms with E-state index < -0.39 is 0 Å². The summed E-state index contributed by atoms with van der Waals surface area (Å²) in [5.41, 5.74) is 2.39. The van der Waals surface area contributed by atoms with E-state index in [1.165, 1.54) is 17.3 Å². The fraction of sp³-hybridized carbons (Fsp3) is 0.250. The molecular weight excluding hydrogens is 156 g/mol. The second-order valence-electron chi connectivity index (χ2n) is 1.54. The highest BCUT2D eigenvalue weighted by atomic mass is 35.5. The summed E-state index contributed by atoms with van der Waals surface area (Å²) in [4.78, 5) is 10.6. The average Bonchev–Trinajstić information content (AvgIpc) is 2.40. The van der Waals surface area contributed by atoms with Crippen molar-refractivity contribution >= 4 is 17.5 Å². The molecule has 6 heteroatoms. The Morgan fingerprint density at radius 3 is 2.70 bits per heavy atom. The lowest BCUT2D eigenvalue weighted by molar-refractivity contribution is -0.114. The van der Waals surface area contributed by atoms with Gasteiger partial charge in [-0.25, -0.2) is 4.68 Å². The third-order valence-corrected chi connectivity index (χ3v) is 1.04. The molecule has 0 unspecified atom stereocenters. The van der Waals surface area contributed by atoms with Crippen LogP contribution in [0, 0.1) is 0 Å². The summed E-state index contributed by atoms with van der Waals surface area (Å²) in [5.74, 6) is -0.362. The van der Waals surface area contributed by atoms with Gasteiger partial charge in [0.05, 0.1) is 0 Å². The average molecular weight is 161 g/mol. The van der Waals surface area contributed by atoms with Crippen molar-refractivity contribution in [3.8, 4) is 0 Å². The third kappa shape index (κ3) is 1.70. The van der Waals surface area contributed by atoms with E-state index in [1.54, 1.807) is 0 Å². The number of hydrogen-bond donors (Lipinski definition) is 1. The molecule has 0 bridgehead atoms. The maximum atomic E-state index is 10.6. The quantitative estimate of drug-likeness (QED) is 0.599. The third-order valence-electron chi connectivity index (χ3n) is 0.794. The molecule has 1 aromatic rings. The van der Waals surface area contributed by atoms with Crippen molar-refractivity contribution in [2.45, 2.75) is 0 Å². The lowest BCUT2D eigenvalue weighted by atomic mass is 10.7. The van der Waals surface area contributed by atoms with Crippen molar-refractivity contribution in [3.05, 3.63) is 12.7 Å². The van der Waals surface area contributed by atoms with Crippen LogP contribution in [0.2, 0.25) is 0 Å². The molecule has 1 aromatic heterocycles. The van der Waals surface area contributed by atoms with Crippen LogP contribution in [0.1, 0.15) is 0 Å². The summed E-state index contributed by atoms with van der Waals surface area (Å²) in [6.07, 6.45) is 2.73. The molecule has 0 spiro atoms. The van der Waals surface area contributed by atoms with Gasteiger partial charge in [-0.2, -0.15) is 0 Å². The predicted molar refractivity (Wildman–Crippen MR) is 35.1 cm³/mol. The van der Waals surface area contributed by atoms with E-state index in [-0.39, 0.29) is 11.8 Å². The van der Waals surface area contributed by atoms with Crippen LogP contribution in [-0.4, -0.2) is 26.7 Å². The molecule has 10 heavy (non-hydrogen) atoms. The maximum Gasteiger partial charge on any atom is 0.253 e. The molecule has 1 amide bonds. The van der Waals surface area contributed by atoms with Gasteiger partial charge in [0.2, 0.25) is 0 Å². The highest BCUT2D eigenvalue weighted by Crippen LogP contribution is 1.78. The van der Waals surface area contributed by atoms with E-state index in [2.05, 4.69) is 15.6 Å². The molecule has 1 heterocycles. The minimum Gasteiger partial charge on any atom is -0.272 e.